The minimum Gasteiger partial charge on any atom is -0.508 e. The summed E-state index contributed by atoms with van der Waals surface area (Å²) in [6.45, 7) is 0. The maximum atomic E-state index is 10.4. The van der Waals surface area contributed by atoms with Crippen LogP contribution in [-0.2, 0) is 11.2 Å². The number of aryl methyl sites for hydroxylation is 1. The number of aliphatic carboxylic acids is 1. The second-order valence-electron chi connectivity index (χ2n) is 3.80. The third-order valence-corrected chi connectivity index (χ3v) is 2.34. The molecule has 0 bridgehead atoms. The summed E-state index contributed by atoms with van der Waals surface area (Å²) in [5, 5.41) is 25.5. The second-order valence-corrected chi connectivity index (χ2v) is 3.80. The van der Waals surface area contributed by atoms with Crippen molar-refractivity contribution < 1.29 is 19.4 Å². The van der Waals surface area contributed by atoms with Crippen LogP contribution < -0.4 is 0 Å². The van der Waals surface area contributed by atoms with E-state index in [4.69, 9.17) is 9.52 Å². The van der Waals surface area contributed by atoms with E-state index in [9.17, 15) is 9.90 Å². The lowest BCUT2D eigenvalue weighted by molar-refractivity contribution is -0.137. The van der Waals surface area contributed by atoms with Gasteiger partial charge in [-0.05, 0) is 24.6 Å². The summed E-state index contributed by atoms with van der Waals surface area (Å²) in [6.07, 6.45) is 0.957. The van der Waals surface area contributed by atoms with E-state index in [1.54, 1.807) is 18.2 Å². The van der Waals surface area contributed by atoms with Crippen LogP contribution in [0.4, 0.5) is 0 Å². The van der Waals surface area contributed by atoms with Gasteiger partial charge in [-0.15, -0.1) is 10.2 Å². The van der Waals surface area contributed by atoms with Crippen LogP contribution >= 0.6 is 0 Å². The van der Waals surface area contributed by atoms with E-state index in [0.717, 1.165) is 0 Å². The highest BCUT2D eigenvalue weighted by Crippen LogP contribution is 2.22. The summed E-state index contributed by atoms with van der Waals surface area (Å²) >= 11 is 0. The third kappa shape index (κ3) is 3.07. The molecule has 0 saturated heterocycles. The van der Waals surface area contributed by atoms with Crippen molar-refractivity contribution in [2.75, 3.05) is 0 Å². The minimum absolute atomic E-state index is 0.0733. The summed E-state index contributed by atoms with van der Waals surface area (Å²) in [5.74, 6) is -0.00772. The van der Waals surface area contributed by atoms with Crippen LogP contribution in [0.25, 0.3) is 11.5 Å². The zero-order chi connectivity index (χ0) is 13.0. The Kier molecular flexibility index (Phi) is 3.57. The summed E-state index contributed by atoms with van der Waals surface area (Å²) in [4.78, 5) is 10.4. The molecule has 1 aromatic heterocycles. The van der Waals surface area contributed by atoms with E-state index in [1.165, 1.54) is 6.07 Å². The molecular formula is C12H12N2O4. The lowest BCUT2D eigenvalue weighted by Crippen LogP contribution is -1.95. The highest BCUT2D eigenvalue weighted by molar-refractivity contribution is 5.66. The molecule has 94 valence electrons. The standard InChI is InChI=1S/C12H12N2O4/c15-9-4-1-3-8(7-9)12-14-13-10(18-12)5-2-6-11(16)17/h1,3-4,7,15H,2,5-6H2,(H,16,17). The Hall–Kier alpha value is -2.37. The van der Waals surface area contributed by atoms with Gasteiger partial charge >= 0.3 is 5.97 Å². The van der Waals surface area contributed by atoms with Crippen molar-refractivity contribution in [2.45, 2.75) is 19.3 Å². The number of phenolic OH excluding ortho intramolecular Hbond substituents is 1. The maximum Gasteiger partial charge on any atom is 0.303 e. The van der Waals surface area contributed by atoms with E-state index >= 15 is 0 Å². The fourth-order valence-corrected chi connectivity index (χ4v) is 1.50. The number of carboxylic acid groups (broad SMARTS) is 1. The fourth-order valence-electron chi connectivity index (χ4n) is 1.50. The van der Waals surface area contributed by atoms with Crippen molar-refractivity contribution in [3.63, 3.8) is 0 Å². The van der Waals surface area contributed by atoms with Crippen LogP contribution in [0.2, 0.25) is 0 Å². The number of aromatic hydroxyl groups is 1. The van der Waals surface area contributed by atoms with Gasteiger partial charge in [-0.3, -0.25) is 4.79 Å². The number of nitrogens with zero attached hydrogens (tertiary/aromatic N) is 2. The molecule has 1 heterocycles. The molecule has 0 amide bonds. The number of carboxylic acids is 1. The molecule has 0 aliphatic heterocycles. The van der Waals surface area contributed by atoms with E-state index in [1.807, 2.05) is 0 Å². The van der Waals surface area contributed by atoms with Crippen molar-refractivity contribution in [1.29, 1.82) is 0 Å². The zero-order valence-corrected chi connectivity index (χ0v) is 9.54. The van der Waals surface area contributed by atoms with E-state index < -0.39 is 5.97 Å². The van der Waals surface area contributed by atoms with Crippen LogP contribution in [0.5, 0.6) is 5.75 Å². The second kappa shape index (κ2) is 5.31. The first-order chi connectivity index (χ1) is 8.65. The third-order valence-electron chi connectivity index (χ3n) is 2.34. The van der Waals surface area contributed by atoms with Gasteiger partial charge in [0.05, 0.1) is 0 Å². The largest absolute Gasteiger partial charge is 0.508 e. The number of hydrogen-bond donors (Lipinski definition) is 2. The summed E-state index contributed by atoms with van der Waals surface area (Å²) < 4.78 is 5.38. The Morgan fingerprint density at radius 3 is 2.89 bits per heavy atom. The molecule has 0 radical (unpaired) electrons. The van der Waals surface area contributed by atoms with Crippen LogP contribution in [0.1, 0.15) is 18.7 Å². The number of benzene rings is 1. The Morgan fingerprint density at radius 1 is 1.33 bits per heavy atom. The molecule has 2 aromatic rings. The van der Waals surface area contributed by atoms with Gasteiger partial charge < -0.3 is 14.6 Å². The summed E-state index contributed by atoms with van der Waals surface area (Å²) in [5.41, 5.74) is 0.631. The highest BCUT2D eigenvalue weighted by atomic mass is 16.4. The SMILES string of the molecule is O=C(O)CCCc1nnc(-c2cccc(O)c2)o1. The molecule has 0 spiro atoms. The predicted octanol–water partition coefficient (Wildman–Crippen LogP) is 1.85. The topological polar surface area (TPSA) is 96.5 Å². The average Bonchev–Trinajstić information content (AvgIpc) is 2.77. The average molecular weight is 248 g/mol. The number of phenols is 1. The first kappa shape index (κ1) is 12.1. The van der Waals surface area contributed by atoms with Gasteiger partial charge in [0.2, 0.25) is 11.8 Å². The van der Waals surface area contributed by atoms with Crippen molar-refractivity contribution >= 4 is 5.97 Å². The lowest BCUT2D eigenvalue weighted by atomic mass is 10.2. The molecule has 0 unspecified atom stereocenters. The number of hydrogen-bond acceptors (Lipinski definition) is 5. The molecule has 1 aromatic carbocycles. The van der Waals surface area contributed by atoms with Gasteiger partial charge in [-0.1, -0.05) is 6.07 Å². The normalized spacial score (nSPS) is 10.4. The van der Waals surface area contributed by atoms with Crippen LogP contribution in [0, 0.1) is 0 Å². The summed E-state index contributed by atoms with van der Waals surface area (Å²) in [6, 6.07) is 6.50. The van der Waals surface area contributed by atoms with Crippen molar-refractivity contribution in [3.05, 3.63) is 30.2 Å². The van der Waals surface area contributed by atoms with Crippen molar-refractivity contribution in [1.82, 2.24) is 10.2 Å². The first-order valence-corrected chi connectivity index (χ1v) is 5.49. The molecule has 0 fully saturated rings. The van der Waals surface area contributed by atoms with Crippen LogP contribution in [0.3, 0.4) is 0 Å². The van der Waals surface area contributed by atoms with E-state index in [2.05, 4.69) is 10.2 Å². The maximum absolute atomic E-state index is 10.4. The molecule has 6 nitrogen and oxygen atoms in total. The smallest absolute Gasteiger partial charge is 0.303 e. The number of rotatable bonds is 5. The molecule has 2 rings (SSSR count). The fraction of sp³-hybridized carbons (Fsp3) is 0.250. The van der Waals surface area contributed by atoms with Gasteiger partial charge in [0.1, 0.15) is 5.75 Å². The van der Waals surface area contributed by atoms with Gasteiger partial charge in [0.25, 0.3) is 0 Å². The highest BCUT2D eigenvalue weighted by Gasteiger charge is 2.09. The Labute approximate surface area is 103 Å². The van der Waals surface area contributed by atoms with Gasteiger partial charge in [-0.2, -0.15) is 0 Å². The van der Waals surface area contributed by atoms with Crippen LogP contribution in [0.15, 0.2) is 28.7 Å². The molecule has 2 N–H and O–H groups in total. The minimum atomic E-state index is -0.845. The van der Waals surface area contributed by atoms with E-state index in [0.29, 0.717) is 30.2 Å². The first-order valence-electron chi connectivity index (χ1n) is 5.49. The number of aromatic nitrogens is 2. The Balaban J connectivity index is 2.04. The van der Waals surface area contributed by atoms with Crippen molar-refractivity contribution in [2.24, 2.45) is 0 Å². The zero-order valence-electron chi connectivity index (χ0n) is 9.54. The quantitative estimate of drug-likeness (QED) is 0.838. The van der Waals surface area contributed by atoms with E-state index in [-0.39, 0.29) is 12.2 Å². The summed E-state index contributed by atoms with van der Waals surface area (Å²) in [7, 11) is 0. The Morgan fingerprint density at radius 2 is 2.17 bits per heavy atom. The molecular weight excluding hydrogens is 236 g/mol. The van der Waals surface area contributed by atoms with Crippen molar-refractivity contribution in [3.8, 4) is 17.2 Å². The van der Waals surface area contributed by atoms with Crippen LogP contribution in [-0.4, -0.2) is 26.4 Å². The molecule has 6 heteroatoms. The molecule has 0 saturated carbocycles. The van der Waals surface area contributed by atoms with Gasteiger partial charge in [0, 0.05) is 18.4 Å². The monoisotopic (exact) mass is 248 g/mol. The predicted molar refractivity (Wildman–Crippen MR) is 62.0 cm³/mol. The number of carbonyl (C=O) groups is 1. The van der Waals surface area contributed by atoms with Gasteiger partial charge in [-0.25, -0.2) is 0 Å². The molecule has 0 aliphatic carbocycles. The Bertz CT molecular complexity index is 551. The molecule has 18 heavy (non-hydrogen) atoms. The molecule has 0 aliphatic rings. The van der Waals surface area contributed by atoms with Gasteiger partial charge in [0.15, 0.2) is 0 Å². The lowest BCUT2D eigenvalue weighted by Gasteiger charge is -1.95. The molecule has 0 atom stereocenters.